The SMILES string of the molecule is CC(C)=CC(COc1ccc(F)cc1)N1CCC(O)CC1. The Labute approximate surface area is 126 Å². The van der Waals surface area contributed by atoms with Crippen LogP contribution in [0.1, 0.15) is 26.7 Å². The maximum atomic E-state index is 12.9. The number of hydrogen-bond donors (Lipinski definition) is 1. The standard InChI is InChI=1S/C17H24FNO2/c1-13(2)11-15(19-9-7-16(20)8-10-19)12-21-17-5-3-14(18)4-6-17/h3-6,11,15-16,20H,7-10,12H2,1-2H3. The fraction of sp³-hybridized carbons (Fsp3) is 0.529. The van der Waals surface area contributed by atoms with Gasteiger partial charge in [0.25, 0.3) is 0 Å². The van der Waals surface area contributed by atoms with Crippen molar-refractivity contribution in [2.45, 2.75) is 38.8 Å². The summed E-state index contributed by atoms with van der Waals surface area (Å²) in [5.41, 5.74) is 1.24. The highest BCUT2D eigenvalue weighted by Gasteiger charge is 2.23. The van der Waals surface area contributed by atoms with Crippen molar-refractivity contribution in [3.05, 3.63) is 41.7 Å². The van der Waals surface area contributed by atoms with Gasteiger partial charge >= 0.3 is 0 Å². The Morgan fingerprint density at radius 2 is 1.95 bits per heavy atom. The van der Waals surface area contributed by atoms with Crippen LogP contribution in [0, 0.1) is 5.82 Å². The topological polar surface area (TPSA) is 32.7 Å². The zero-order chi connectivity index (χ0) is 15.2. The van der Waals surface area contributed by atoms with E-state index in [-0.39, 0.29) is 18.0 Å². The lowest BCUT2D eigenvalue weighted by Crippen LogP contribution is -2.44. The highest BCUT2D eigenvalue weighted by Crippen LogP contribution is 2.17. The molecule has 1 unspecified atom stereocenters. The summed E-state index contributed by atoms with van der Waals surface area (Å²) in [6.07, 6.45) is 3.64. The molecule has 0 aromatic heterocycles. The highest BCUT2D eigenvalue weighted by molar-refractivity contribution is 5.22. The Morgan fingerprint density at radius 3 is 2.52 bits per heavy atom. The van der Waals surface area contributed by atoms with Gasteiger partial charge in [-0.2, -0.15) is 0 Å². The number of benzene rings is 1. The maximum absolute atomic E-state index is 12.9. The van der Waals surface area contributed by atoms with Gasteiger partial charge in [0.2, 0.25) is 0 Å². The van der Waals surface area contributed by atoms with Crippen LogP contribution in [-0.2, 0) is 0 Å². The minimum absolute atomic E-state index is 0.174. The van der Waals surface area contributed by atoms with E-state index in [9.17, 15) is 9.50 Å². The minimum atomic E-state index is -0.256. The molecule has 21 heavy (non-hydrogen) atoms. The molecule has 1 aromatic carbocycles. The first-order valence-corrected chi connectivity index (χ1v) is 7.50. The molecule has 0 bridgehead atoms. The average Bonchev–Trinajstić information content (AvgIpc) is 2.46. The predicted molar refractivity (Wildman–Crippen MR) is 81.9 cm³/mol. The normalized spacial score (nSPS) is 18.3. The zero-order valence-corrected chi connectivity index (χ0v) is 12.8. The lowest BCUT2D eigenvalue weighted by molar-refractivity contribution is 0.0587. The van der Waals surface area contributed by atoms with Gasteiger partial charge in [0.05, 0.1) is 12.1 Å². The molecule has 0 spiro atoms. The van der Waals surface area contributed by atoms with Gasteiger partial charge in [-0.05, 0) is 51.0 Å². The highest BCUT2D eigenvalue weighted by atomic mass is 19.1. The molecular formula is C17H24FNO2. The lowest BCUT2D eigenvalue weighted by atomic mass is 10.0. The van der Waals surface area contributed by atoms with E-state index in [1.165, 1.54) is 17.7 Å². The third-order valence-corrected chi connectivity index (χ3v) is 3.73. The van der Waals surface area contributed by atoms with Gasteiger partial charge in [-0.25, -0.2) is 4.39 Å². The number of aliphatic hydroxyl groups is 1. The molecule has 1 heterocycles. The molecule has 0 aliphatic carbocycles. The van der Waals surface area contributed by atoms with Crippen molar-refractivity contribution in [1.29, 1.82) is 0 Å². The fourth-order valence-electron chi connectivity index (χ4n) is 2.57. The van der Waals surface area contributed by atoms with Crippen LogP contribution in [-0.4, -0.2) is 41.8 Å². The Balaban J connectivity index is 1.96. The molecule has 0 radical (unpaired) electrons. The molecule has 2 rings (SSSR count). The van der Waals surface area contributed by atoms with Crippen LogP contribution in [0.3, 0.4) is 0 Å². The van der Waals surface area contributed by atoms with Crippen molar-refractivity contribution in [3.63, 3.8) is 0 Å². The summed E-state index contributed by atoms with van der Waals surface area (Å²) in [6.45, 7) is 6.44. The van der Waals surface area contributed by atoms with Gasteiger partial charge in [0.15, 0.2) is 0 Å². The second-order valence-electron chi connectivity index (χ2n) is 5.84. The fourth-order valence-corrected chi connectivity index (χ4v) is 2.57. The van der Waals surface area contributed by atoms with Crippen LogP contribution >= 0.6 is 0 Å². The van der Waals surface area contributed by atoms with Gasteiger partial charge in [0, 0.05) is 13.1 Å². The first-order chi connectivity index (χ1) is 10.0. The molecule has 0 saturated carbocycles. The summed E-state index contributed by atoms with van der Waals surface area (Å²) in [4.78, 5) is 2.34. The van der Waals surface area contributed by atoms with Crippen LogP contribution in [0.2, 0.25) is 0 Å². The molecule has 116 valence electrons. The van der Waals surface area contributed by atoms with Gasteiger partial charge < -0.3 is 9.84 Å². The summed E-state index contributed by atoms with van der Waals surface area (Å²) >= 11 is 0. The number of allylic oxidation sites excluding steroid dienone is 1. The number of rotatable bonds is 5. The maximum Gasteiger partial charge on any atom is 0.123 e. The molecule has 1 aliphatic heterocycles. The Morgan fingerprint density at radius 1 is 1.33 bits per heavy atom. The molecule has 1 N–H and O–H groups in total. The third-order valence-electron chi connectivity index (χ3n) is 3.73. The minimum Gasteiger partial charge on any atom is -0.492 e. The van der Waals surface area contributed by atoms with E-state index in [1.54, 1.807) is 12.1 Å². The second kappa shape index (κ2) is 7.57. The zero-order valence-electron chi connectivity index (χ0n) is 12.8. The van der Waals surface area contributed by atoms with E-state index in [0.717, 1.165) is 25.9 Å². The van der Waals surface area contributed by atoms with E-state index in [0.29, 0.717) is 12.4 Å². The van der Waals surface area contributed by atoms with E-state index in [2.05, 4.69) is 24.8 Å². The van der Waals surface area contributed by atoms with Crippen molar-refractivity contribution < 1.29 is 14.2 Å². The third kappa shape index (κ3) is 5.14. The quantitative estimate of drug-likeness (QED) is 0.847. The first-order valence-electron chi connectivity index (χ1n) is 7.50. The Kier molecular flexibility index (Phi) is 5.76. The van der Waals surface area contributed by atoms with E-state index in [1.807, 2.05) is 0 Å². The van der Waals surface area contributed by atoms with Crippen LogP contribution in [0.5, 0.6) is 5.75 Å². The molecular weight excluding hydrogens is 269 g/mol. The molecule has 0 amide bonds. The Bertz CT molecular complexity index is 460. The summed E-state index contributed by atoms with van der Waals surface area (Å²) < 4.78 is 18.7. The summed E-state index contributed by atoms with van der Waals surface area (Å²) in [6, 6.07) is 6.29. The van der Waals surface area contributed by atoms with Crippen molar-refractivity contribution in [3.8, 4) is 5.75 Å². The van der Waals surface area contributed by atoms with Crippen molar-refractivity contribution in [2.24, 2.45) is 0 Å². The second-order valence-corrected chi connectivity index (χ2v) is 5.84. The van der Waals surface area contributed by atoms with Gasteiger partial charge in [-0.1, -0.05) is 11.6 Å². The summed E-state index contributed by atoms with van der Waals surface area (Å²) in [5.74, 6) is 0.425. The molecule has 4 heteroatoms. The smallest absolute Gasteiger partial charge is 0.123 e. The van der Waals surface area contributed by atoms with Crippen LogP contribution in [0.4, 0.5) is 4.39 Å². The van der Waals surface area contributed by atoms with Crippen molar-refractivity contribution in [2.75, 3.05) is 19.7 Å². The number of nitrogens with zero attached hydrogens (tertiary/aromatic N) is 1. The number of ether oxygens (including phenoxy) is 1. The molecule has 1 aromatic rings. The number of hydrogen-bond acceptors (Lipinski definition) is 3. The number of aliphatic hydroxyl groups excluding tert-OH is 1. The number of likely N-dealkylation sites (tertiary alicyclic amines) is 1. The van der Waals surface area contributed by atoms with Crippen LogP contribution < -0.4 is 4.74 Å². The molecule has 1 aliphatic rings. The van der Waals surface area contributed by atoms with E-state index in [4.69, 9.17) is 4.74 Å². The molecule has 1 fully saturated rings. The van der Waals surface area contributed by atoms with E-state index < -0.39 is 0 Å². The van der Waals surface area contributed by atoms with Crippen LogP contribution in [0.15, 0.2) is 35.9 Å². The molecule has 1 saturated heterocycles. The van der Waals surface area contributed by atoms with Gasteiger partial charge in [0.1, 0.15) is 18.2 Å². The summed E-state index contributed by atoms with van der Waals surface area (Å²) in [7, 11) is 0. The molecule has 3 nitrogen and oxygen atoms in total. The monoisotopic (exact) mass is 293 g/mol. The van der Waals surface area contributed by atoms with Crippen molar-refractivity contribution in [1.82, 2.24) is 4.90 Å². The van der Waals surface area contributed by atoms with Crippen molar-refractivity contribution >= 4 is 0 Å². The lowest BCUT2D eigenvalue weighted by Gasteiger charge is -2.35. The first kappa shape index (κ1) is 16.0. The average molecular weight is 293 g/mol. The Hall–Kier alpha value is -1.39. The van der Waals surface area contributed by atoms with E-state index >= 15 is 0 Å². The number of halogens is 1. The predicted octanol–water partition coefficient (Wildman–Crippen LogP) is 3.00. The van der Waals surface area contributed by atoms with Gasteiger partial charge in [-0.3, -0.25) is 4.90 Å². The largest absolute Gasteiger partial charge is 0.492 e. The van der Waals surface area contributed by atoms with Gasteiger partial charge in [-0.15, -0.1) is 0 Å². The summed E-state index contributed by atoms with van der Waals surface area (Å²) in [5, 5.41) is 9.62. The van der Waals surface area contributed by atoms with Crippen LogP contribution in [0.25, 0.3) is 0 Å². The molecule has 1 atom stereocenters. The number of piperidine rings is 1.